The molecule has 0 radical (unpaired) electrons. The number of imide groups is 1. The molecular formula is C20H22N2O6S. The number of amides is 2. The average molecular weight is 418 g/mol. The fraction of sp³-hybridized carbons (Fsp3) is 0.300. The molecule has 0 aliphatic carbocycles. The second kappa shape index (κ2) is 8.22. The highest BCUT2D eigenvalue weighted by Gasteiger charge is 2.30. The molecule has 9 heteroatoms. The zero-order valence-electron chi connectivity index (χ0n) is 16.3. The first-order chi connectivity index (χ1) is 13.8. The van der Waals surface area contributed by atoms with E-state index in [4.69, 9.17) is 9.47 Å². The summed E-state index contributed by atoms with van der Waals surface area (Å²) in [4.78, 5) is 24.8. The van der Waals surface area contributed by atoms with Crippen LogP contribution >= 0.6 is 0 Å². The first-order valence-corrected chi connectivity index (χ1v) is 10.4. The van der Waals surface area contributed by atoms with Crippen molar-refractivity contribution in [1.29, 1.82) is 0 Å². The molecule has 1 saturated heterocycles. The zero-order chi connectivity index (χ0) is 21.2. The lowest BCUT2D eigenvalue weighted by molar-refractivity contribution is -0.121. The van der Waals surface area contributed by atoms with Crippen LogP contribution in [0, 0.1) is 0 Å². The lowest BCUT2D eigenvalue weighted by Crippen LogP contribution is -2.29. The number of nitrogens with one attached hydrogen (secondary N) is 1. The summed E-state index contributed by atoms with van der Waals surface area (Å²) < 4.78 is 38.7. The number of nitrogens with zero attached hydrogens (tertiary/aromatic N) is 1. The Labute approximate surface area is 169 Å². The van der Waals surface area contributed by atoms with E-state index in [1.807, 2.05) is 0 Å². The van der Waals surface area contributed by atoms with E-state index in [0.29, 0.717) is 22.7 Å². The largest absolute Gasteiger partial charge is 0.497 e. The van der Waals surface area contributed by atoms with Crippen molar-refractivity contribution in [2.24, 2.45) is 0 Å². The molecule has 2 aromatic carbocycles. The number of carbonyl (C=O) groups is 2. The summed E-state index contributed by atoms with van der Waals surface area (Å²) in [6.07, 6.45) is 0.334. The molecule has 8 nitrogen and oxygen atoms in total. The van der Waals surface area contributed by atoms with Crippen molar-refractivity contribution in [3.63, 3.8) is 0 Å². The monoisotopic (exact) mass is 418 g/mol. The van der Waals surface area contributed by atoms with Gasteiger partial charge in [-0.1, -0.05) is 0 Å². The maximum absolute atomic E-state index is 12.8. The molecule has 1 fully saturated rings. The van der Waals surface area contributed by atoms with Crippen LogP contribution in [0.25, 0.3) is 0 Å². The third kappa shape index (κ3) is 4.25. The Morgan fingerprint density at radius 3 is 2.14 bits per heavy atom. The molecule has 1 aliphatic rings. The zero-order valence-corrected chi connectivity index (χ0v) is 17.2. The van der Waals surface area contributed by atoms with Gasteiger partial charge < -0.3 is 9.47 Å². The molecule has 1 aliphatic heterocycles. The van der Waals surface area contributed by atoms with Crippen LogP contribution in [-0.4, -0.2) is 34.5 Å². The van der Waals surface area contributed by atoms with Crippen molar-refractivity contribution >= 4 is 27.5 Å². The summed E-state index contributed by atoms with van der Waals surface area (Å²) >= 11 is 0. The van der Waals surface area contributed by atoms with Crippen LogP contribution in [0.3, 0.4) is 0 Å². The minimum atomic E-state index is -3.85. The molecule has 0 saturated carbocycles. The van der Waals surface area contributed by atoms with Crippen LogP contribution in [0.4, 0.5) is 5.69 Å². The number of hydrogen-bond acceptors (Lipinski definition) is 6. The SMILES string of the molecule is COc1ccc(OC)c([C@H](C)NS(=O)(=O)c2ccc(N3C(=O)CCC3=O)cc2)c1. The molecule has 0 spiro atoms. The van der Waals surface area contributed by atoms with Gasteiger partial charge >= 0.3 is 0 Å². The molecule has 0 aromatic heterocycles. The van der Waals surface area contributed by atoms with E-state index in [9.17, 15) is 18.0 Å². The Kier molecular flexibility index (Phi) is 5.90. The Balaban J connectivity index is 1.83. The summed E-state index contributed by atoms with van der Waals surface area (Å²) in [6, 6.07) is 10.2. The highest BCUT2D eigenvalue weighted by atomic mass is 32.2. The van der Waals surface area contributed by atoms with Crippen molar-refractivity contribution in [2.75, 3.05) is 19.1 Å². The average Bonchev–Trinajstić information content (AvgIpc) is 3.05. The molecule has 3 rings (SSSR count). The fourth-order valence-electron chi connectivity index (χ4n) is 3.18. The molecule has 154 valence electrons. The maximum atomic E-state index is 12.8. The van der Waals surface area contributed by atoms with Gasteiger partial charge in [0.05, 0.1) is 24.8 Å². The van der Waals surface area contributed by atoms with Crippen LogP contribution < -0.4 is 19.1 Å². The van der Waals surface area contributed by atoms with Gasteiger partial charge in [0.15, 0.2) is 0 Å². The normalized spacial score (nSPS) is 15.5. The number of rotatable bonds is 7. The summed E-state index contributed by atoms with van der Waals surface area (Å²) in [5.41, 5.74) is 0.985. The number of sulfonamides is 1. The minimum absolute atomic E-state index is 0.0223. The van der Waals surface area contributed by atoms with E-state index in [0.717, 1.165) is 4.90 Å². The highest BCUT2D eigenvalue weighted by molar-refractivity contribution is 7.89. The number of methoxy groups -OCH3 is 2. The van der Waals surface area contributed by atoms with Crippen molar-refractivity contribution in [2.45, 2.75) is 30.7 Å². The first-order valence-electron chi connectivity index (χ1n) is 8.97. The van der Waals surface area contributed by atoms with Crippen LogP contribution in [0.15, 0.2) is 47.4 Å². The highest BCUT2D eigenvalue weighted by Crippen LogP contribution is 2.30. The minimum Gasteiger partial charge on any atom is -0.497 e. The molecule has 0 unspecified atom stereocenters. The van der Waals surface area contributed by atoms with E-state index < -0.39 is 16.1 Å². The predicted octanol–water partition coefficient (Wildman–Crippen LogP) is 2.40. The first kappa shape index (κ1) is 20.8. The van der Waals surface area contributed by atoms with E-state index in [1.165, 1.54) is 38.5 Å². The van der Waals surface area contributed by atoms with Crippen LogP contribution in [0.2, 0.25) is 0 Å². The van der Waals surface area contributed by atoms with Gasteiger partial charge in [0.25, 0.3) is 0 Å². The van der Waals surface area contributed by atoms with E-state index in [-0.39, 0.29) is 29.6 Å². The van der Waals surface area contributed by atoms with E-state index in [1.54, 1.807) is 25.1 Å². The van der Waals surface area contributed by atoms with Crippen LogP contribution in [0.5, 0.6) is 11.5 Å². The maximum Gasteiger partial charge on any atom is 0.241 e. The van der Waals surface area contributed by atoms with Gasteiger partial charge in [-0.15, -0.1) is 0 Å². The summed E-state index contributed by atoms with van der Waals surface area (Å²) in [5.74, 6) is 0.531. The van der Waals surface area contributed by atoms with E-state index in [2.05, 4.69) is 4.72 Å². The summed E-state index contributed by atoms with van der Waals surface area (Å²) in [5, 5.41) is 0. The Morgan fingerprint density at radius 2 is 1.59 bits per heavy atom. The van der Waals surface area contributed by atoms with Crippen LogP contribution in [-0.2, 0) is 19.6 Å². The van der Waals surface area contributed by atoms with Crippen molar-refractivity contribution in [3.8, 4) is 11.5 Å². The quantitative estimate of drug-likeness (QED) is 0.693. The van der Waals surface area contributed by atoms with E-state index >= 15 is 0 Å². The van der Waals surface area contributed by atoms with Gasteiger partial charge in [-0.3, -0.25) is 14.5 Å². The molecule has 2 aromatic rings. The topological polar surface area (TPSA) is 102 Å². The number of benzene rings is 2. The molecular weight excluding hydrogens is 396 g/mol. The Hall–Kier alpha value is -2.91. The number of hydrogen-bond donors (Lipinski definition) is 1. The lowest BCUT2D eigenvalue weighted by atomic mass is 10.1. The molecule has 2 amide bonds. The fourth-order valence-corrected chi connectivity index (χ4v) is 4.40. The molecule has 1 N–H and O–H groups in total. The van der Waals surface area contributed by atoms with Crippen molar-refractivity contribution in [3.05, 3.63) is 48.0 Å². The smallest absolute Gasteiger partial charge is 0.241 e. The van der Waals surface area contributed by atoms with Gasteiger partial charge in [-0.25, -0.2) is 13.1 Å². The second-order valence-corrected chi connectivity index (χ2v) is 8.28. The Morgan fingerprint density at radius 1 is 0.966 bits per heavy atom. The Bertz CT molecular complexity index is 1020. The van der Waals surface area contributed by atoms with Gasteiger partial charge in [-0.2, -0.15) is 0 Å². The second-order valence-electron chi connectivity index (χ2n) is 6.57. The van der Waals surface area contributed by atoms with Gasteiger partial charge in [0, 0.05) is 24.4 Å². The van der Waals surface area contributed by atoms with Crippen molar-refractivity contribution < 1.29 is 27.5 Å². The molecule has 1 heterocycles. The number of ether oxygens (including phenoxy) is 2. The van der Waals surface area contributed by atoms with Crippen molar-refractivity contribution in [1.82, 2.24) is 4.72 Å². The lowest BCUT2D eigenvalue weighted by Gasteiger charge is -2.19. The summed E-state index contributed by atoms with van der Waals surface area (Å²) in [6.45, 7) is 1.70. The van der Waals surface area contributed by atoms with Gasteiger partial charge in [0.2, 0.25) is 21.8 Å². The molecule has 0 bridgehead atoms. The standard InChI is InChI=1S/C20H22N2O6S/c1-13(17-12-15(27-2)6-9-18(17)28-3)21-29(25,26)16-7-4-14(5-8-16)22-19(23)10-11-20(22)24/h4-9,12-13,21H,10-11H2,1-3H3/t13-/m0/s1. The third-order valence-electron chi connectivity index (χ3n) is 4.69. The van der Waals surface area contributed by atoms with Gasteiger partial charge in [-0.05, 0) is 49.4 Å². The molecule has 1 atom stereocenters. The predicted molar refractivity (Wildman–Crippen MR) is 106 cm³/mol. The number of anilines is 1. The summed E-state index contributed by atoms with van der Waals surface area (Å²) in [7, 11) is -0.823. The van der Waals surface area contributed by atoms with Crippen LogP contribution in [0.1, 0.15) is 31.4 Å². The third-order valence-corrected chi connectivity index (χ3v) is 6.25. The molecule has 29 heavy (non-hydrogen) atoms. The number of carbonyl (C=O) groups excluding carboxylic acids is 2. The van der Waals surface area contributed by atoms with Gasteiger partial charge in [0.1, 0.15) is 11.5 Å².